The maximum absolute atomic E-state index is 9.13. The largest absolute Gasteiger partial charge is 0.390 e. The van der Waals surface area contributed by atoms with E-state index in [9.17, 15) is 0 Å². The van der Waals surface area contributed by atoms with Crippen LogP contribution in [0.25, 0.3) is 10.9 Å². The molecule has 90 valence electrons. The molecule has 2 heteroatoms. The lowest BCUT2D eigenvalue weighted by Gasteiger charge is -2.07. The molecule has 0 saturated carbocycles. The molecule has 0 unspecified atom stereocenters. The number of aryl methyl sites for hydroxylation is 2. The molecule has 0 spiro atoms. The van der Waals surface area contributed by atoms with Crippen molar-refractivity contribution < 1.29 is 5.11 Å². The predicted octanol–water partition coefficient (Wildman–Crippen LogP) is 3.38. The van der Waals surface area contributed by atoms with Gasteiger partial charge >= 0.3 is 0 Å². The van der Waals surface area contributed by atoms with E-state index in [1.54, 1.807) is 0 Å². The monoisotopic (exact) mass is 229 g/mol. The van der Waals surface area contributed by atoms with Crippen LogP contribution in [0.4, 0.5) is 0 Å². The van der Waals surface area contributed by atoms with Gasteiger partial charge in [-0.3, -0.25) is 4.98 Å². The van der Waals surface area contributed by atoms with Crippen molar-refractivity contribution in [1.29, 1.82) is 0 Å². The van der Waals surface area contributed by atoms with Crippen LogP contribution in [-0.2, 0) is 13.0 Å². The third-order valence-electron chi connectivity index (χ3n) is 3.11. The highest BCUT2D eigenvalue weighted by molar-refractivity contribution is 5.82. The second-order valence-electron chi connectivity index (χ2n) is 4.54. The Bertz CT molecular complexity index is 520. The number of aliphatic hydroxyl groups excluding tert-OH is 1. The summed E-state index contributed by atoms with van der Waals surface area (Å²) in [6, 6.07) is 8.40. The fraction of sp³-hybridized carbons (Fsp3) is 0.400. The molecule has 0 amide bonds. The van der Waals surface area contributed by atoms with Crippen molar-refractivity contribution in [3.05, 3.63) is 41.1 Å². The van der Waals surface area contributed by atoms with Crippen LogP contribution in [0.2, 0.25) is 0 Å². The first-order valence-corrected chi connectivity index (χ1v) is 6.24. The van der Waals surface area contributed by atoms with Crippen LogP contribution < -0.4 is 0 Å². The van der Waals surface area contributed by atoms with Crippen molar-refractivity contribution >= 4 is 10.9 Å². The van der Waals surface area contributed by atoms with E-state index in [1.165, 1.54) is 29.4 Å². The minimum Gasteiger partial charge on any atom is -0.390 e. The van der Waals surface area contributed by atoms with Crippen LogP contribution in [-0.4, -0.2) is 10.1 Å². The maximum atomic E-state index is 9.13. The Hall–Kier alpha value is -1.41. The van der Waals surface area contributed by atoms with Gasteiger partial charge in [0.1, 0.15) is 0 Å². The molecule has 1 aromatic heterocycles. The van der Waals surface area contributed by atoms with Crippen molar-refractivity contribution in [3.63, 3.8) is 0 Å². The third kappa shape index (κ3) is 2.64. The van der Waals surface area contributed by atoms with E-state index in [-0.39, 0.29) is 6.61 Å². The van der Waals surface area contributed by atoms with Gasteiger partial charge in [-0.25, -0.2) is 0 Å². The Balaban J connectivity index is 2.43. The van der Waals surface area contributed by atoms with E-state index in [0.29, 0.717) is 0 Å². The van der Waals surface area contributed by atoms with Crippen molar-refractivity contribution in [1.82, 2.24) is 4.98 Å². The number of nitrogens with zero attached hydrogens (tertiary/aromatic N) is 1. The molecule has 0 radical (unpaired) electrons. The van der Waals surface area contributed by atoms with Crippen LogP contribution in [0.5, 0.6) is 0 Å². The lowest BCUT2D eigenvalue weighted by Crippen LogP contribution is -1.94. The van der Waals surface area contributed by atoms with Crippen LogP contribution in [0.15, 0.2) is 24.3 Å². The van der Waals surface area contributed by atoms with E-state index in [2.05, 4.69) is 37.0 Å². The topological polar surface area (TPSA) is 33.1 Å². The lowest BCUT2D eigenvalue weighted by atomic mass is 10.0. The van der Waals surface area contributed by atoms with Crippen LogP contribution in [0.1, 0.15) is 36.6 Å². The first-order chi connectivity index (χ1) is 8.24. The van der Waals surface area contributed by atoms with Crippen LogP contribution >= 0.6 is 0 Å². The third-order valence-corrected chi connectivity index (χ3v) is 3.11. The summed E-state index contributed by atoms with van der Waals surface area (Å²) in [6.45, 7) is 4.29. The van der Waals surface area contributed by atoms with Gasteiger partial charge in [-0.15, -0.1) is 0 Å². The van der Waals surface area contributed by atoms with Gasteiger partial charge < -0.3 is 5.11 Å². The Kier molecular flexibility index (Phi) is 3.75. The summed E-state index contributed by atoms with van der Waals surface area (Å²) in [7, 11) is 0. The number of aliphatic hydroxyl groups is 1. The molecule has 0 aliphatic carbocycles. The molecule has 2 aromatic rings. The smallest absolute Gasteiger partial charge is 0.0853 e. The van der Waals surface area contributed by atoms with Gasteiger partial charge in [0.25, 0.3) is 0 Å². The van der Waals surface area contributed by atoms with E-state index >= 15 is 0 Å². The highest BCUT2D eigenvalue weighted by Crippen LogP contribution is 2.20. The van der Waals surface area contributed by atoms with Crippen molar-refractivity contribution in [2.24, 2.45) is 0 Å². The summed E-state index contributed by atoms with van der Waals surface area (Å²) < 4.78 is 0. The molecule has 1 N–H and O–H groups in total. The minimum atomic E-state index is 0.00830. The lowest BCUT2D eigenvalue weighted by molar-refractivity contribution is 0.277. The zero-order chi connectivity index (χ0) is 12.3. The van der Waals surface area contributed by atoms with E-state index in [1.807, 2.05) is 6.07 Å². The normalized spacial score (nSPS) is 11.0. The molecule has 2 nitrogen and oxygen atoms in total. The molecule has 17 heavy (non-hydrogen) atoms. The average molecular weight is 229 g/mol. The Morgan fingerprint density at radius 2 is 2.06 bits per heavy atom. The van der Waals surface area contributed by atoms with Crippen LogP contribution in [0, 0.1) is 6.92 Å². The number of rotatable bonds is 4. The first kappa shape index (κ1) is 12.1. The van der Waals surface area contributed by atoms with Crippen LogP contribution in [0.3, 0.4) is 0 Å². The molecule has 0 bridgehead atoms. The van der Waals surface area contributed by atoms with Crippen molar-refractivity contribution in [3.8, 4) is 0 Å². The van der Waals surface area contributed by atoms with E-state index in [0.717, 1.165) is 17.6 Å². The quantitative estimate of drug-likeness (QED) is 0.871. The van der Waals surface area contributed by atoms with Gasteiger partial charge in [0.2, 0.25) is 0 Å². The standard InChI is InChI=1S/C15H19NO/c1-3-4-5-12-6-7-15-14(9-12)11(2)8-13(10-17)16-15/h6-9,17H,3-5,10H2,1-2H3. The average Bonchev–Trinajstić information content (AvgIpc) is 2.36. The number of hydrogen-bond donors (Lipinski definition) is 1. The summed E-state index contributed by atoms with van der Waals surface area (Å²) in [6.07, 6.45) is 3.58. The number of benzene rings is 1. The maximum Gasteiger partial charge on any atom is 0.0853 e. The highest BCUT2D eigenvalue weighted by atomic mass is 16.3. The zero-order valence-electron chi connectivity index (χ0n) is 10.5. The Labute approximate surface area is 102 Å². The molecule has 0 aliphatic rings. The molecular weight excluding hydrogens is 210 g/mol. The van der Waals surface area contributed by atoms with Crippen molar-refractivity contribution in [2.75, 3.05) is 0 Å². The van der Waals surface area contributed by atoms with Gasteiger partial charge in [0.05, 0.1) is 17.8 Å². The predicted molar refractivity (Wildman–Crippen MR) is 71.0 cm³/mol. The SMILES string of the molecule is CCCCc1ccc2nc(CO)cc(C)c2c1. The highest BCUT2D eigenvalue weighted by Gasteiger charge is 2.03. The van der Waals surface area contributed by atoms with Crippen molar-refractivity contribution in [2.45, 2.75) is 39.7 Å². The van der Waals surface area contributed by atoms with Gasteiger partial charge in [-0.05, 0) is 49.1 Å². The number of fused-ring (bicyclic) bond motifs is 1. The molecule has 0 fully saturated rings. The number of pyridine rings is 1. The molecule has 1 aromatic carbocycles. The number of aromatic nitrogens is 1. The van der Waals surface area contributed by atoms with E-state index in [4.69, 9.17) is 5.11 Å². The first-order valence-electron chi connectivity index (χ1n) is 6.24. The summed E-state index contributed by atoms with van der Waals surface area (Å²) >= 11 is 0. The fourth-order valence-electron chi connectivity index (χ4n) is 2.13. The molecule has 2 rings (SSSR count). The van der Waals surface area contributed by atoms with Gasteiger partial charge in [0, 0.05) is 5.39 Å². The minimum absolute atomic E-state index is 0.00830. The van der Waals surface area contributed by atoms with Gasteiger partial charge in [0.15, 0.2) is 0 Å². The summed E-state index contributed by atoms with van der Waals surface area (Å²) in [4.78, 5) is 4.43. The molecule has 0 saturated heterocycles. The second kappa shape index (κ2) is 5.28. The zero-order valence-corrected chi connectivity index (χ0v) is 10.5. The van der Waals surface area contributed by atoms with Gasteiger partial charge in [-0.1, -0.05) is 19.4 Å². The second-order valence-corrected chi connectivity index (χ2v) is 4.54. The molecule has 0 aliphatic heterocycles. The summed E-state index contributed by atoms with van der Waals surface area (Å²) in [5.74, 6) is 0. The Morgan fingerprint density at radius 3 is 2.76 bits per heavy atom. The molecule has 1 heterocycles. The van der Waals surface area contributed by atoms with E-state index < -0.39 is 0 Å². The fourth-order valence-corrected chi connectivity index (χ4v) is 2.13. The van der Waals surface area contributed by atoms with Gasteiger partial charge in [-0.2, -0.15) is 0 Å². The summed E-state index contributed by atoms with van der Waals surface area (Å²) in [5, 5.41) is 10.3. The summed E-state index contributed by atoms with van der Waals surface area (Å²) in [5.41, 5.74) is 4.30. The molecule has 0 atom stereocenters. The molecular formula is C15H19NO. The Morgan fingerprint density at radius 1 is 1.24 bits per heavy atom. The number of hydrogen-bond acceptors (Lipinski definition) is 2. The number of unbranched alkanes of at least 4 members (excludes halogenated alkanes) is 1.